The van der Waals surface area contributed by atoms with Gasteiger partial charge in [0.05, 0.1) is 0 Å². The molecule has 0 heterocycles. The zero-order valence-electron chi connectivity index (χ0n) is 10.7. The van der Waals surface area contributed by atoms with Crippen LogP contribution >= 0.6 is 11.8 Å². The summed E-state index contributed by atoms with van der Waals surface area (Å²) in [6.45, 7) is 0.463. The van der Waals surface area contributed by atoms with Crippen LogP contribution in [-0.2, 0) is 6.05 Å². The quantitative estimate of drug-likeness (QED) is 0.235. The number of alkyl halides is 2. The van der Waals surface area contributed by atoms with Crippen LogP contribution in [-0.4, -0.2) is 25.3 Å². The van der Waals surface area contributed by atoms with Gasteiger partial charge in [0.15, 0.2) is 5.96 Å². The molecule has 0 unspecified atom stereocenters. The Kier molecular flexibility index (Phi) is 6.04. The van der Waals surface area contributed by atoms with E-state index >= 15 is 0 Å². The molecule has 0 saturated heterocycles. The van der Waals surface area contributed by atoms with Crippen LogP contribution in [0.2, 0.25) is 0 Å². The fraction of sp³-hybridized carbons (Fsp3) is 0.417. The third-order valence-corrected chi connectivity index (χ3v) is 3.17. The van der Waals surface area contributed by atoms with Gasteiger partial charge in [0.1, 0.15) is 0 Å². The van der Waals surface area contributed by atoms with E-state index in [0.29, 0.717) is 13.0 Å². The maximum atomic E-state index is 13.8. The smallest absolute Gasteiger partial charge is 0.329 e. The zero-order chi connectivity index (χ0) is 14.3. The summed E-state index contributed by atoms with van der Waals surface area (Å²) in [5.74, 6) is -0.0283. The van der Waals surface area contributed by atoms with E-state index in [1.807, 2.05) is 6.26 Å². The van der Waals surface area contributed by atoms with Gasteiger partial charge < -0.3 is 11.5 Å². The Labute approximate surface area is 115 Å². The highest BCUT2D eigenvalue weighted by Crippen LogP contribution is 2.26. The molecule has 0 aromatic heterocycles. The van der Waals surface area contributed by atoms with Gasteiger partial charge in [-0.2, -0.15) is 8.78 Å². The molecule has 0 fully saturated rings. The van der Waals surface area contributed by atoms with Gasteiger partial charge in [-0.1, -0.05) is 12.1 Å². The van der Waals surface area contributed by atoms with Gasteiger partial charge in [-0.25, -0.2) is 0 Å². The molecule has 1 aromatic rings. The summed E-state index contributed by atoms with van der Waals surface area (Å²) in [5.41, 5.74) is 10.2. The highest BCUT2D eigenvalue weighted by atomic mass is 32.2. The van der Waals surface area contributed by atoms with Crippen LogP contribution in [0.5, 0.6) is 0 Å². The van der Waals surface area contributed by atoms with Crippen LogP contribution in [0.4, 0.5) is 8.78 Å². The van der Waals surface area contributed by atoms with Crippen molar-refractivity contribution in [2.45, 2.75) is 17.4 Å². The van der Waals surface area contributed by atoms with Crippen molar-refractivity contribution in [1.82, 2.24) is 5.32 Å². The normalized spacial score (nSPS) is 11.3. The number of thioether (sulfide) groups is 1. The fourth-order valence-electron chi connectivity index (χ4n) is 1.43. The lowest BCUT2D eigenvalue weighted by Crippen LogP contribution is -2.34. The van der Waals surface area contributed by atoms with Crippen LogP contribution < -0.4 is 16.8 Å². The number of rotatable bonds is 7. The van der Waals surface area contributed by atoms with Gasteiger partial charge in [-0.15, -0.1) is 11.8 Å². The molecule has 0 amide bonds. The van der Waals surface area contributed by atoms with Crippen LogP contribution in [0, 0.1) is 0 Å². The molecule has 106 valence electrons. The van der Waals surface area contributed by atoms with Crippen molar-refractivity contribution in [2.75, 3.05) is 19.3 Å². The van der Waals surface area contributed by atoms with Crippen LogP contribution in [0.1, 0.15) is 12.0 Å². The van der Waals surface area contributed by atoms with E-state index in [1.165, 1.54) is 23.9 Å². The number of halogens is 2. The van der Waals surface area contributed by atoms with E-state index in [4.69, 9.17) is 11.5 Å². The zero-order valence-corrected chi connectivity index (χ0v) is 11.5. The molecule has 4 nitrogen and oxygen atoms in total. The van der Waals surface area contributed by atoms with E-state index in [2.05, 4.69) is 10.3 Å². The summed E-state index contributed by atoms with van der Waals surface area (Å²) >= 11 is 1.51. The third-order valence-electron chi connectivity index (χ3n) is 2.43. The number of hydrogen-bond donors (Lipinski definition) is 3. The number of nitrogens with one attached hydrogen (secondary N) is 1. The molecular formula is C12H18F2N4S. The van der Waals surface area contributed by atoms with Gasteiger partial charge in [-0.05, 0) is 24.8 Å². The highest BCUT2D eigenvalue weighted by molar-refractivity contribution is 7.98. The minimum absolute atomic E-state index is 0.0283. The Morgan fingerprint density at radius 2 is 1.95 bits per heavy atom. The Morgan fingerprint density at radius 1 is 1.32 bits per heavy atom. The molecule has 0 bridgehead atoms. The summed E-state index contributed by atoms with van der Waals surface area (Å²) < 4.78 is 27.5. The molecule has 0 aliphatic rings. The Balaban J connectivity index is 2.47. The molecule has 0 spiro atoms. The Bertz CT molecular complexity index is 416. The first-order chi connectivity index (χ1) is 8.95. The Hall–Kier alpha value is -1.34. The number of nitrogens with two attached hydrogens (primary N) is 2. The first-order valence-corrected chi connectivity index (χ1v) is 7.01. The molecular weight excluding hydrogens is 270 g/mol. The first-order valence-electron chi connectivity index (χ1n) is 5.78. The van der Waals surface area contributed by atoms with E-state index in [1.54, 1.807) is 12.1 Å². The van der Waals surface area contributed by atoms with E-state index < -0.39 is 6.05 Å². The second-order valence-corrected chi connectivity index (χ2v) is 4.77. The maximum absolute atomic E-state index is 13.8. The number of benzene rings is 1. The maximum Gasteiger partial charge on any atom is 0.329 e. The molecule has 5 N–H and O–H groups in total. The molecule has 0 radical (unpaired) electrons. The van der Waals surface area contributed by atoms with Gasteiger partial charge in [0, 0.05) is 23.5 Å². The van der Waals surface area contributed by atoms with Crippen molar-refractivity contribution < 1.29 is 8.78 Å². The van der Waals surface area contributed by atoms with E-state index in [9.17, 15) is 8.78 Å². The summed E-state index contributed by atoms with van der Waals surface area (Å²) in [4.78, 5) is 4.68. The number of hydrogen-bond acceptors (Lipinski definition) is 3. The highest BCUT2D eigenvalue weighted by Gasteiger charge is 2.30. The monoisotopic (exact) mass is 288 g/mol. The van der Waals surface area contributed by atoms with Crippen molar-refractivity contribution in [3.8, 4) is 0 Å². The van der Waals surface area contributed by atoms with Crippen LogP contribution in [0.15, 0.2) is 34.2 Å². The predicted molar refractivity (Wildman–Crippen MR) is 75.4 cm³/mol. The van der Waals surface area contributed by atoms with Crippen molar-refractivity contribution >= 4 is 17.7 Å². The molecule has 1 aromatic carbocycles. The number of guanidine groups is 1. The average molecular weight is 288 g/mol. The van der Waals surface area contributed by atoms with E-state index in [-0.39, 0.29) is 18.1 Å². The van der Waals surface area contributed by atoms with Crippen LogP contribution in [0.25, 0.3) is 0 Å². The lowest BCUT2D eigenvalue weighted by molar-refractivity contribution is -0.0409. The largest absolute Gasteiger partial charge is 0.370 e. The fourth-order valence-corrected chi connectivity index (χ4v) is 1.84. The summed E-state index contributed by atoms with van der Waals surface area (Å²) in [6, 6.07) is 3.16. The summed E-state index contributed by atoms with van der Waals surface area (Å²) in [7, 11) is 0. The lowest BCUT2D eigenvalue weighted by Gasteiger charge is -2.18. The molecule has 19 heavy (non-hydrogen) atoms. The minimum Gasteiger partial charge on any atom is -0.370 e. The second kappa shape index (κ2) is 7.30. The number of nitrogens with zero attached hydrogens (tertiary/aromatic N) is 1. The SMILES string of the molecule is CSc1ccc(C(F)(F)NCCCN=C(N)N)cc1. The minimum atomic E-state index is -3.05. The molecule has 7 heteroatoms. The predicted octanol–water partition coefficient (Wildman–Crippen LogP) is 1.71. The molecule has 0 aliphatic carbocycles. The van der Waals surface area contributed by atoms with Crippen LogP contribution in [0.3, 0.4) is 0 Å². The lowest BCUT2D eigenvalue weighted by atomic mass is 10.2. The molecule has 1 rings (SSSR count). The van der Waals surface area contributed by atoms with Gasteiger partial charge in [0.25, 0.3) is 0 Å². The first kappa shape index (κ1) is 15.7. The second-order valence-electron chi connectivity index (χ2n) is 3.89. The number of aliphatic imine (C=N–C) groups is 1. The van der Waals surface area contributed by atoms with Crippen molar-refractivity contribution in [2.24, 2.45) is 16.5 Å². The topological polar surface area (TPSA) is 76.4 Å². The van der Waals surface area contributed by atoms with Crippen molar-refractivity contribution in [1.29, 1.82) is 0 Å². The summed E-state index contributed by atoms with van der Waals surface area (Å²) in [6.07, 6.45) is 2.34. The standard InChI is InChI=1S/C12H18F2N4S/c1-19-10-5-3-9(4-6-10)12(13,14)18-8-2-7-17-11(15)16/h3-6,18H,2,7-8H2,1H3,(H4,15,16,17). The molecule has 0 saturated carbocycles. The average Bonchev–Trinajstić information content (AvgIpc) is 2.38. The Morgan fingerprint density at radius 3 is 2.47 bits per heavy atom. The van der Waals surface area contributed by atoms with E-state index in [0.717, 1.165) is 4.90 Å². The third kappa shape index (κ3) is 5.44. The summed E-state index contributed by atoms with van der Waals surface area (Å²) in [5, 5.41) is 2.20. The van der Waals surface area contributed by atoms with Gasteiger partial charge >= 0.3 is 6.05 Å². The van der Waals surface area contributed by atoms with Gasteiger partial charge in [0.2, 0.25) is 0 Å². The van der Waals surface area contributed by atoms with Gasteiger partial charge in [-0.3, -0.25) is 10.3 Å². The van der Waals surface area contributed by atoms with Crippen molar-refractivity contribution in [3.63, 3.8) is 0 Å². The molecule has 0 aliphatic heterocycles. The van der Waals surface area contributed by atoms with Crippen molar-refractivity contribution in [3.05, 3.63) is 29.8 Å². The molecule has 0 atom stereocenters.